The van der Waals surface area contributed by atoms with Gasteiger partial charge in [0.05, 0.1) is 0 Å². The van der Waals surface area contributed by atoms with E-state index in [0.29, 0.717) is 5.41 Å². The summed E-state index contributed by atoms with van der Waals surface area (Å²) in [6.45, 7) is 7.64. The molecule has 0 N–H and O–H groups in total. The fourth-order valence-corrected chi connectivity index (χ4v) is 8.15. The Labute approximate surface area is 130 Å². The van der Waals surface area contributed by atoms with Crippen LogP contribution in [0.1, 0.15) is 65.7 Å². The van der Waals surface area contributed by atoms with Gasteiger partial charge in [-0.25, -0.2) is 0 Å². The van der Waals surface area contributed by atoms with E-state index < -0.39 is 0 Å². The first-order chi connectivity index (χ1) is 10.1. The molecule has 0 aliphatic heterocycles. The molecule has 114 valence electrons. The Kier molecular flexibility index (Phi) is 2.42. The van der Waals surface area contributed by atoms with E-state index in [9.17, 15) is 0 Å². The molecule has 5 aliphatic carbocycles. The lowest BCUT2D eigenvalue weighted by Gasteiger charge is -2.59. The molecule has 4 saturated carbocycles. The summed E-state index contributed by atoms with van der Waals surface area (Å²) in [6, 6.07) is 0. The Bertz CT molecular complexity index is 536. The van der Waals surface area contributed by atoms with Crippen molar-refractivity contribution in [1.82, 2.24) is 0 Å². The molecule has 0 heterocycles. The van der Waals surface area contributed by atoms with Crippen molar-refractivity contribution >= 4 is 0 Å². The standard InChI is InChI=1S/C21H30/c1-4-20(3)10-9-17-19(20)21(17)11-13(2)18-15-8-6-5-7-14(15)16(18)12-21/h13-19H,4,6,8-12H2,1-3H3/t13?,14-,15+,16?,17?,18?,19?,20?,21?/m1/s1. The summed E-state index contributed by atoms with van der Waals surface area (Å²) >= 11 is 0. The van der Waals surface area contributed by atoms with E-state index in [1.807, 2.05) is 0 Å². The van der Waals surface area contributed by atoms with Gasteiger partial charge in [-0.1, -0.05) is 33.1 Å². The van der Waals surface area contributed by atoms with E-state index in [4.69, 9.17) is 0 Å². The third-order valence-electron chi connectivity index (χ3n) is 8.99. The van der Waals surface area contributed by atoms with Crippen molar-refractivity contribution in [3.8, 4) is 11.8 Å². The van der Waals surface area contributed by atoms with Crippen LogP contribution >= 0.6 is 0 Å². The van der Waals surface area contributed by atoms with Crippen LogP contribution in [0.25, 0.3) is 0 Å². The maximum atomic E-state index is 3.65. The highest BCUT2D eigenvalue weighted by atomic mass is 14.8. The zero-order valence-corrected chi connectivity index (χ0v) is 14.0. The molecule has 1 spiro atoms. The minimum Gasteiger partial charge on any atom is -0.103 e. The minimum absolute atomic E-state index is 0.679. The molecule has 0 radical (unpaired) electrons. The van der Waals surface area contributed by atoms with Gasteiger partial charge in [-0.05, 0) is 78.4 Å². The van der Waals surface area contributed by atoms with E-state index in [0.717, 1.165) is 46.8 Å². The highest BCUT2D eigenvalue weighted by molar-refractivity contribution is 5.27. The minimum atomic E-state index is 0.679. The van der Waals surface area contributed by atoms with E-state index in [-0.39, 0.29) is 0 Å². The average molecular weight is 282 g/mol. The highest BCUT2D eigenvalue weighted by Gasteiger charge is 2.75. The number of hydrogen-bond donors (Lipinski definition) is 0. The quantitative estimate of drug-likeness (QED) is 0.585. The molecule has 0 aromatic rings. The van der Waals surface area contributed by atoms with E-state index >= 15 is 0 Å². The van der Waals surface area contributed by atoms with Gasteiger partial charge in [-0.3, -0.25) is 0 Å². The second-order valence-electron chi connectivity index (χ2n) is 9.54. The van der Waals surface area contributed by atoms with E-state index in [2.05, 4.69) is 32.6 Å². The second kappa shape index (κ2) is 3.90. The molecular formula is C21H30. The molecule has 0 saturated heterocycles. The van der Waals surface area contributed by atoms with E-state index in [1.54, 1.807) is 19.3 Å². The first-order valence-corrected chi connectivity index (χ1v) is 9.59. The Morgan fingerprint density at radius 1 is 1.14 bits per heavy atom. The molecule has 5 rings (SSSR count). The predicted octanol–water partition coefficient (Wildman–Crippen LogP) is 5.13. The van der Waals surface area contributed by atoms with Gasteiger partial charge >= 0.3 is 0 Å². The Balaban J connectivity index is 1.44. The maximum Gasteiger partial charge on any atom is 0.0265 e. The fraction of sp³-hybridized carbons (Fsp3) is 0.905. The van der Waals surface area contributed by atoms with Gasteiger partial charge in [0, 0.05) is 12.3 Å². The molecule has 21 heavy (non-hydrogen) atoms. The van der Waals surface area contributed by atoms with Crippen LogP contribution in [0.4, 0.5) is 0 Å². The summed E-state index contributed by atoms with van der Waals surface area (Å²) < 4.78 is 0. The monoisotopic (exact) mass is 282 g/mol. The molecule has 5 aliphatic rings. The molecule has 4 fully saturated rings. The van der Waals surface area contributed by atoms with Gasteiger partial charge in [-0.2, -0.15) is 0 Å². The van der Waals surface area contributed by atoms with Crippen LogP contribution in [0.3, 0.4) is 0 Å². The third-order valence-corrected chi connectivity index (χ3v) is 8.99. The van der Waals surface area contributed by atoms with Crippen LogP contribution in [-0.2, 0) is 0 Å². The first kappa shape index (κ1) is 13.0. The Hall–Kier alpha value is -0.440. The highest BCUT2D eigenvalue weighted by Crippen LogP contribution is 2.82. The predicted molar refractivity (Wildman–Crippen MR) is 86.4 cm³/mol. The van der Waals surface area contributed by atoms with Crippen molar-refractivity contribution in [3.05, 3.63) is 0 Å². The summed E-state index contributed by atoms with van der Waals surface area (Å²) in [5, 5.41) is 0. The third kappa shape index (κ3) is 1.40. The molecule has 0 nitrogen and oxygen atoms in total. The topological polar surface area (TPSA) is 0 Å². The summed E-state index contributed by atoms with van der Waals surface area (Å²) in [7, 11) is 0. The first-order valence-electron chi connectivity index (χ1n) is 9.59. The largest absolute Gasteiger partial charge is 0.103 e. The Morgan fingerprint density at radius 3 is 2.81 bits per heavy atom. The van der Waals surface area contributed by atoms with Crippen molar-refractivity contribution in [1.29, 1.82) is 0 Å². The van der Waals surface area contributed by atoms with Crippen LogP contribution in [0.15, 0.2) is 0 Å². The van der Waals surface area contributed by atoms with Crippen molar-refractivity contribution < 1.29 is 0 Å². The van der Waals surface area contributed by atoms with Crippen LogP contribution < -0.4 is 0 Å². The lowest BCUT2D eigenvalue weighted by Crippen LogP contribution is -2.54. The molecule has 0 aromatic carbocycles. The van der Waals surface area contributed by atoms with Crippen LogP contribution in [0.2, 0.25) is 0 Å². The summed E-state index contributed by atoms with van der Waals surface area (Å²) in [4.78, 5) is 0. The lowest BCUT2D eigenvalue weighted by molar-refractivity contribution is -0.0962. The summed E-state index contributed by atoms with van der Waals surface area (Å²) in [5.41, 5.74) is 1.45. The van der Waals surface area contributed by atoms with Gasteiger partial charge in [0.15, 0.2) is 0 Å². The molecule has 0 heteroatoms. The van der Waals surface area contributed by atoms with Crippen LogP contribution in [0, 0.1) is 64.1 Å². The molecule has 0 aromatic heterocycles. The van der Waals surface area contributed by atoms with Crippen molar-refractivity contribution in [3.63, 3.8) is 0 Å². The smallest absolute Gasteiger partial charge is 0.0265 e. The van der Waals surface area contributed by atoms with Gasteiger partial charge in [-0.15, -0.1) is 5.92 Å². The normalized spacial score (nSPS) is 62.9. The fourth-order valence-electron chi connectivity index (χ4n) is 8.15. The summed E-state index contributed by atoms with van der Waals surface area (Å²) in [6.07, 6.45) is 10.2. The van der Waals surface area contributed by atoms with Crippen molar-refractivity contribution in [2.24, 2.45) is 52.3 Å². The number of rotatable bonds is 1. The van der Waals surface area contributed by atoms with Crippen molar-refractivity contribution in [2.75, 3.05) is 0 Å². The van der Waals surface area contributed by atoms with E-state index in [1.165, 1.54) is 25.7 Å². The van der Waals surface area contributed by atoms with Crippen LogP contribution in [0.5, 0.6) is 0 Å². The SMILES string of the molecule is CCC1(C)CCC2C1C21CC(C)C2C(C1)[C@@H]1C#CCC[C@H]21. The molecule has 0 bridgehead atoms. The molecular weight excluding hydrogens is 252 g/mol. The zero-order valence-electron chi connectivity index (χ0n) is 14.0. The lowest BCUT2D eigenvalue weighted by atomic mass is 9.44. The van der Waals surface area contributed by atoms with Gasteiger partial charge in [0.25, 0.3) is 0 Å². The second-order valence-corrected chi connectivity index (χ2v) is 9.54. The maximum absolute atomic E-state index is 3.65. The number of hydrogen-bond acceptors (Lipinski definition) is 0. The van der Waals surface area contributed by atoms with Gasteiger partial charge < -0.3 is 0 Å². The zero-order chi connectivity index (χ0) is 14.4. The van der Waals surface area contributed by atoms with Gasteiger partial charge in [0.1, 0.15) is 0 Å². The van der Waals surface area contributed by atoms with Gasteiger partial charge in [0.2, 0.25) is 0 Å². The average Bonchev–Trinajstić information content (AvgIpc) is 2.91. The van der Waals surface area contributed by atoms with Crippen LogP contribution in [-0.4, -0.2) is 0 Å². The molecule has 7 unspecified atom stereocenters. The number of fused-ring (bicyclic) bond motifs is 7. The van der Waals surface area contributed by atoms with Crippen molar-refractivity contribution in [2.45, 2.75) is 65.7 Å². The molecule has 9 atom stereocenters. The Morgan fingerprint density at radius 2 is 2.00 bits per heavy atom. The molecule has 0 amide bonds. The summed E-state index contributed by atoms with van der Waals surface area (Å²) in [5.74, 6) is 14.1.